The van der Waals surface area contributed by atoms with Crippen molar-refractivity contribution < 1.29 is 39.6 Å². The summed E-state index contributed by atoms with van der Waals surface area (Å²) in [5.41, 5.74) is 13.1. The molecule has 0 saturated heterocycles. The summed E-state index contributed by atoms with van der Waals surface area (Å²) in [6, 6.07) is 49.6. The van der Waals surface area contributed by atoms with Crippen LogP contribution in [0.2, 0.25) is 0 Å². The predicted molar refractivity (Wildman–Crippen MR) is 302 cm³/mol. The van der Waals surface area contributed by atoms with Gasteiger partial charge in [-0.1, -0.05) is 127 Å². The topological polar surface area (TPSA) is 170 Å². The molecule has 1 aliphatic heterocycles. The number of carbonyl (C=O) groups is 4. The van der Waals surface area contributed by atoms with Gasteiger partial charge in [-0.15, -0.1) is 0 Å². The van der Waals surface area contributed by atoms with Crippen molar-refractivity contribution in [2.24, 2.45) is 0 Å². The molecular weight excluding hydrogens is 979 g/mol. The first-order chi connectivity index (χ1) is 37.6. The third-order valence-corrected chi connectivity index (χ3v) is 12.7. The number of hydrogen-bond acceptors (Lipinski definition) is 5. The molecule has 0 radical (unpaired) electrons. The van der Waals surface area contributed by atoms with Crippen molar-refractivity contribution in [3.63, 3.8) is 0 Å². The smallest absolute Gasteiger partial charge is 0.333 e. The molecule has 376 valence electrons. The maximum absolute atomic E-state index is 11.6. The van der Waals surface area contributed by atoms with E-state index in [1.165, 1.54) is 24.3 Å². The van der Waals surface area contributed by atoms with Gasteiger partial charge in [0.2, 0.25) is 0 Å². The van der Waals surface area contributed by atoms with Gasteiger partial charge >= 0.3 is 23.9 Å². The molecule has 1 heterocycles. The number of hydrogen-bond donors (Lipinski definition) is 4. The van der Waals surface area contributed by atoms with Crippen molar-refractivity contribution in [1.29, 1.82) is 0 Å². The quantitative estimate of drug-likeness (QED) is 0.0443. The van der Waals surface area contributed by atoms with Crippen molar-refractivity contribution >= 4 is 88.5 Å². The van der Waals surface area contributed by atoms with Gasteiger partial charge in [-0.2, -0.15) is 0 Å². The first-order valence-corrected chi connectivity index (χ1v) is 23.9. The number of fused-ring (bicyclic) bond motifs is 2. The van der Waals surface area contributed by atoms with Gasteiger partial charge in [0.15, 0.2) is 0 Å². The van der Waals surface area contributed by atoms with Crippen molar-refractivity contribution in [3.8, 4) is 0 Å². The molecule has 78 heavy (non-hydrogen) atoms. The van der Waals surface area contributed by atoms with E-state index in [-0.39, 0.29) is 0 Å². The second-order valence-corrected chi connectivity index (χ2v) is 17.8. The molecule has 0 aromatic heterocycles. The summed E-state index contributed by atoms with van der Waals surface area (Å²) >= 11 is 0. The highest BCUT2D eigenvalue weighted by Crippen LogP contribution is 2.43. The number of benzene rings is 7. The second-order valence-electron chi connectivity index (χ2n) is 17.8. The van der Waals surface area contributed by atoms with Crippen molar-refractivity contribution in [2.45, 2.75) is 19.8 Å². The average Bonchev–Trinajstić information content (AvgIpc) is 3.68. The van der Waals surface area contributed by atoms with E-state index in [0.29, 0.717) is 35.1 Å². The lowest BCUT2D eigenvalue weighted by Gasteiger charge is -2.28. The van der Waals surface area contributed by atoms with Crippen LogP contribution >= 0.6 is 0 Å². The van der Waals surface area contributed by atoms with Crippen LogP contribution in [0.25, 0.3) is 67.0 Å². The lowest BCUT2D eigenvalue weighted by atomic mass is 9.93. The van der Waals surface area contributed by atoms with E-state index in [1.807, 2.05) is 67.6 Å². The summed E-state index contributed by atoms with van der Waals surface area (Å²) < 4.78 is 0. The molecule has 0 fully saturated rings. The lowest BCUT2D eigenvalue weighted by molar-refractivity contribution is -0.133. The van der Waals surface area contributed by atoms with Gasteiger partial charge in [-0.05, 0) is 171 Å². The zero-order valence-electron chi connectivity index (χ0n) is 41.5. The van der Waals surface area contributed by atoms with Crippen LogP contribution in [-0.2, 0) is 32.0 Å². The highest BCUT2D eigenvalue weighted by Gasteiger charge is 2.24. The number of carboxylic acid groups (broad SMARTS) is 4. The second kappa shape index (κ2) is 23.7. The van der Waals surface area contributed by atoms with E-state index in [0.717, 1.165) is 78.3 Å². The van der Waals surface area contributed by atoms with Crippen LogP contribution in [0.5, 0.6) is 0 Å². The van der Waals surface area contributed by atoms with Gasteiger partial charge in [0, 0.05) is 17.1 Å². The van der Waals surface area contributed by atoms with Gasteiger partial charge < -0.3 is 25.3 Å². The third-order valence-electron chi connectivity index (χ3n) is 12.7. The Kier molecular flexibility index (Phi) is 16.1. The normalized spacial score (nSPS) is 12.2. The number of aryl methyl sites for hydroxylation is 3. The lowest BCUT2D eigenvalue weighted by Crippen LogP contribution is -2.12. The zero-order chi connectivity index (χ0) is 55.5. The molecule has 0 bridgehead atoms. The first kappa shape index (κ1) is 52.9. The standard InChI is InChI=1S/C65H43N5O8/c1-40-6-28-53(29-7-40)70-60-30-16-45(34-54(47-18-8-41(9-19-47)36-56(66-2)62(71)72)48-20-10-42(11-21-48)37-57(67-3)63(73)74)32-51(60)26-27-52-33-46(17-31-61(52)70)35-55(49-22-12-43(13-23-49)38-58(68-4)64(75)76)50-24-14-44(15-25-50)39-59(69-5)65(77)78/h6-25,28-39H,26-27H2,1H3,(H,71,72)(H,73,74)(H,75,76)(H,77,78). The van der Waals surface area contributed by atoms with E-state index in [4.69, 9.17) is 26.3 Å². The van der Waals surface area contributed by atoms with Crippen molar-refractivity contribution in [3.05, 3.63) is 299 Å². The zero-order valence-corrected chi connectivity index (χ0v) is 41.5. The molecule has 0 amide bonds. The molecule has 1 aliphatic rings. The van der Waals surface area contributed by atoms with Gasteiger partial charge in [0.1, 0.15) is 0 Å². The Bertz CT molecular complexity index is 3520. The molecule has 8 rings (SSSR count). The summed E-state index contributed by atoms with van der Waals surface area (Å²) in [5, 5.41) is 37.9. The Morgan fingerprint density at radius 3 is 0.910 bits per heavy atom. The highest BCUT2D eigenvalue weighted by molar-refractivity contribution is 5.98. The Hall–Kier alpha value is -11.4. The fourth-order valence-corrected chi connectivity index (χ4v) is 8.83. The Balaban J connectivity index is 1.22. The minimum Gasteiger partial charge on any atom is -0.486 e. The fraction of sp³-hybridized carbons (Fsp3) is 0.0462. The minimum absolute atomic E-state index is 0.421. The Labute approximate surface area is 449 Å². The molecule has 4 N–H and O–H groups in total. The molecule has 0 aliphatic carbocycles. The summed E-state index contributed by atoms with van der Waals surface area (Å²) in [4.78, 5) is 61.3. The monoisotopic (exact) mass is 1020 g/mol. The van der Waals surface area contributed by atoms with Crippen molar-refractivity contribution in [1.82, 2.24) is 0 Å². The predicted octanol–water partition coefficient (Wildman–Crippen LogP) is 14.1. The number of rotatable bonds is 15. The van der Waals surface area contributed by atoms with Gasteiger partial charge in [-0.25, -0.2) is 19.4 Å². The maximum atomic E-state index is 11.6. The van der Waals surface area contributed by atoms with E-state index in [1.54, 1.807) is 48.5 Å². The Morgan fingerprint density at radius 2 is 0.654 bits per heavy atom. The van der Waals surface area contributed by atoms with Crippen LogP contribution in [0.15, 0.2) is 181 Å². The Morgan fingerprint density at radius 1 is 0.385 bits per heavy atom. The number of carboxylic acids is 4. The number of aliphatic carboxylic acids is 4. The molecule has 13 heteroatoms. The van der Waals surface area contributed by atoms with E-state index in [9.17, 15) is 39.6 Å². The molecule has 0 unspecified atom stereocenters. The van der Waals surface area contributed by atoms with Crippen LogP contribution in [0.4, 0.5) is 17.1 Å². The van der Waals surface area contributed by atoms with E-state index in [2.05, 4.69) is 85.0 Å². The summed E-state index contributed by atoms with van der Waals surface area (Å²) in [6.07, 6.45) is 10.6. The van der Waals surface area contributed by atoms with Gasteiger partial charge in [-0.3, -0.25) is 19.2 Å². The van der Waals surface area contributed by atoms with Crippen LogP contribution < -0.4 is 4.90 Å². The van der Waals surface area contributed by atoms with Crippen LogP contribution in [0.3, 0.4) is 0 Å². The first-order valence-electron chi connectivity index (χ1n) is 23.9. The van der Waals surface area contributed by atoms with Crippen LogP contribution in [0, 0.1) is 33.2 Å². The minimum atomic E-state index is -1.33. The van der Waals surface area contributed by atoms with Gasteiger partial charge in [0.25, 0.3) is 22.8 Å². The maximum Gasteiger partial charge on any atom is 0.333 e. The molecule has 0 atom stereocenters. The largest absolute Gasteiger partial charge is 0.486 e. The molecule has 13 nitrogen and oxygen atoms in total. The summed E-state index contributed by atoms with van der Waals surface area (Å²) in [5.74, 6) is -5.31. The SMILES string of the molecule is [C-]#[N+]C(=Cc1ccc(C(=Cc2ccc3c(c2)CCc2cc(C=C(c4ccc(C=C([N+]#[C-])C(=O)O)cc4)c4ccc(C=C([N+]#[C-])C(=O)O)cc4)ccc2N3c2ccc(C)cc2)c2ccc(C=C([N+]#[C-])C(=O)O)cc2)cc1)C(=O)O. The van der Waals surface area contributed by atoms with E-state index >= 15 is 0 Å². The fourth-order valence-electron chi connectivity index (χ4n) is 8.83. The van der Waals surface area contributed by atoms with Crippen molar-refractivity contribution in [2.75, 3.05) is 4.90 Å². The van der Waals surface area contributed by atoms with Crippen LogP contribution in [0.1, 0.15) is 72.3 Å². The summed E-state index contributed by atoms with van der Waals surface area (Å²) in [7, 11) is 0. The van der Waals surface area contributed by atoms with E-state index < -0.39 is 46.7 Å². The molecular formula is C65H43N5O8. The highest BCUT2D eigenvalue weighted by atomic mass is 16.4. The number of nitrogens with zero attached hydrogens (tertiary/aromatic N) is 5. The number of anilines is 3. The molecule has 7 aromatic rings. The average molecular weight is 1020 g/mol. The molecule has 0 saturated carbocycles. The summed E-state index contributed by atoms with van der Waals surface area (Å²) in [6.45, 7) is 31.2. The third kappa shape index (κ3) is 12.3. The van der Waals surface area contributed by atoms with Gasteiger partial charge in [0.05, 0.1) is 26.3 Å². The molecule has 0 spiro atoms. The van der Waals surface area contributed by atoms with Crippen LogP contribution in [-0.4, -0.2) is 44.3 Å². The molecule has 7 aromatic carbocycles.